The number of amides is 1. The van der Waals surface area contributed by atoms with E-state index in [2.05, 4.69) is 10.0 Å². The summed E-state index contributed by atoms with van der Waals surface area (Å²) in [5.41, 5.74) is 0.460. The van der Waals surface area contributed by atoms with Crippen LogP contribution in [0.3, 0.4) is 0 Å². The highest BCUT2D eigenvalue weighted by Gasteiger charge is 2.24. The van der Waals surface area contributed by atoms with E-state index in [4.69, 9.17) is 16.3 Å². The largest absolute Gasteiger partial charge is 0.389 e. The number of aliphatic hydroxyl groups excluding tert-OH is 1. The Hall–Kier alpha value is -1.97. The Labute approximate surface area is 169 Å². The zero-order chi connectivity index (χ0) is 20.6. The van der Waals surface area contributed by atoms with Gasteiger partial charge in [-0.2, -0.15) is 0 Å². The minimum absolute atomic E-state index is 0.0567. The van der Waals surface area contributed by atoms with Crippen LogP contribution in [-0.4, -0.2) is 51.3 Å². The fourth-order valence-electron chi connectivity index (χ4n) is 2.47. The predicted molar refractivity (Wildman–Crippen MR) is 107 cm³/mol. The van der Waals surface area contributed by atoms with E-state index in [1.807, 2.05) is 0 Å². The summed E-state index contributed by atoms with van der Waals surface area (Å²) < 4.78 is 32.7. The number of carbonyl (C=O) groups excluding carboxylic acids is 1. The van der Waals surface area contributed by atoms with Crippen molar-refractivity contribution < 1.29 is 23.1 Å². The Kier molecular flexibility index (Phi) is 8.40. The van der Waals surface area contributed by atoms with Crippen LogP contribution in [0.5, 0.6) is 0 Å². The Morgan fingerprint density at radius 1 is 1.11 bits per heavy atom. The first-order valence-corrected chi connectivity index (χ1v) is 10.6. The number of rotatable bonds is 10. The van der Waals surface area contributed by atoms with Crippen molar-refractivity contribution in [1.29, 1.82) is 0 Å². The second-order valence-corrected chi connectivity index (χ2v) is 8.06. The molecule has 2 aromatic rings. The van der Waals surface area contributed by atoms with Crippen LogP contribution >= 0.6 is 11.6 Å². The highest BCUT2D eigenvalue weighted by Crippen LogP contribution is 2.20. The second-order valence-electron chi connectivity index (χ2n) is 5.92. The van der Waals surface area contributed by atoms with Gasteiger partial charge in [0.15, 0.2) is 0 Å². The van der Waals surface area contributed by atoms with E-state index in [1.165, 1.54) is 12.1 Å². The Bertz CT molecular complexity index is 877. The lowest BCUT2D eigenvalue weighted by Crippen LogP contribution is -2.46. The molecule has 0 radical (unpaired) electrons. The number of hydrogen-bond donors (Lipinski definition) is 3. The molecule has 2 aromatic carbocycles. The standard InChI is InChI=1S/C19H23ClN2O5S/c1-2-27-17(13-22-28(25,26)18-11-7-6-10-15(18)20)16(23)12-21-19(24)14-8-4-3-5-9-14/h3-11,16-17,22-23H,2,12-13H2,1H3,(H,21,24)/t16-,17+/m0/s1. The van der Waals surface area contributed by atoms with Gasteiger partial charge < -0.3 is 15.2 Å². The monoisotopic (exact) mass is 426 g/mol. The normalized spacial score (nSPS) is 13.7. The van der Waals surface area contributed by atoms with E-state index in [1.54, 1.807) is 49.4 Å². The van der Waals surface area contributed by atoms with Crippen LogP contribution in [0.15, 0.2) is 59.5 Å². The van der Waals surface area contributed by atoms with Crippen molar-refractivity contribution in [2.75, 3.05) is 19.7 Å². The van der Waals surface area contributed by atoms with Gasteiger partial charge in [-0.3, -0.25) is 4.79 Å². The highest BCUT2D eigenvalue weighted by atomic mass is 35.5. The lowest BCUT2D eigenvalue weighted by atomic mass is 10.2. The molecule has 0 saturated carbocycles. The number of aliphatic hydroxyl groups is 1. The van der Waals surface area contributed by atoms with Gasteiger partial charge in [0.25, 0.3) is 5.91 Å². The maximum atomic E-state index is 12.4. The Balaban J connectivity index is 1.96. The fourth-order valence-corrected chi connectivity index (χ4v) is 4.03. The molecule has 0 aromatic heterocycles. The first-order valence-electron chi connectivity index (χ1n) is 8.72. The summed E-state index contributed by atoms with van der Waals surface area (Å²) in [6.45, 7) is 1.73. The molecule has 0 aliphatic rings. The molecular formula is C19H23ClN2O5S. The highest BCUT2D eigenvalue weighted by molar-refractivity contribution is 7.89. The molecule has 7 nitrogen and oxygen atoms in total. The summed E-state index contributed by atoms with van der Waals surface area (Å²) >= 11 is 5.94. The van der Waals surface area contributed by atoms with Crippen molar-refractivity contribution >= 4 is 27.5 Å². The minimum atomic E-state index is -3.87. The van der Waals surface area contributed by atoms with Crippen molar-refractivity contribution in [2.24, 2.45) is 0 Å². The molecule has 0 aliphatic carbocycles. The van der Waals surface area contributed by atoms with E-state index < -0.39 is 22.2 Å². The third-order valence-electron chi connectivity index (χ3n) is 3.92. The molecule has 0 saturated heterocycles. The van der Waals surface area contributed by atoms with Gasteiger partial charge in [-0.05, 0) is 31.2 Å². The van der Waals surface area contributed by atoms with Crippen molar-refractivity contribution in [1.82, 2.24) is 10.0 Å². The first kappa shape index (κ1) is 22.3. The molecule has 0 spiro atoms. The maximum Gasteiger partial charge on any atom is 0.251 e. The summed E-state index contributed by atoms with van der Waals surface area (Å²) in [4.78, 5) is 12.0. The summed E-state index contributed by atoms with van der Waals surface area (Å²) in [6.07, 6.45) is -1.96. The molecule has 9 heteroatoms. The second kappa shape index (κ2) is 10.5. The average molecular weight is 427 g/mol. The van der Waals surface area contributed by atoms with Gasteiger partial charge in [0, 0.05) is 25.3 Å². The van der Waals surface area contributed by atoms with E-state index in [9.17, 15) is 18.3 Å². The SMILES string of the molecule is CCO[C@H](CNS(=O)(=O)c1ccccc1Cl)[C@@H](O)CNC(=O)c1ccccc1. The first-order chi connectivity index (χ1) is 13.3. The van der Waals surface area contributed by atoms with E-state index in [-0.39, 0.29) is 35.5 Å². The van der Waals surface area contributed by atoms with Crippen LogP contribution < -0.4 is 10.0 Å². The van der Waals surface area contributed by atoms with E-state index in [0.717, 1.165) is 0 Å². The van der Waals surface area contributed by atoms with Gasteiger partial charge in [-0.15, -0.1) is 0 Å². The van der Waals surface area contributed by atoms with Gasteiger partial charge in [-0.25, -0.2) is 13.1 Å². The molecule has 2 atom stereocenters. The smallest absolute Gasteiger partial charge is 0.251 e. The molecule has 3 N–H and O–H groups in total. The lowest BCUT2D eigenvalue weighted by molar-refractivity contribution is -0.0269. The van der Waals surface area contributed by atoms with Crippen LogP contribution in [-0.2, 0) is 14.8 Å². The van der Waals surface area contributed by atoms with Crippen LogP contribution in [0.4, 0.5) is 0 Å². The molecule has 0 unspecified atom stereocenters. The van der Waals surface area contributed by atoms with Gasteiger partial charge in [0.2, 0.25) is 10.0 Å². The van der Waals surface area contributed by atoms with Crippen LogP contribution in [0, 0.1) is 0 Å². The zero-order valence-corrected chi connectivity index (χ0v) is 16.9. The lowest BCUT2D eigenvalue weighted by Gasteiger charge is -2.23. The molecule has 0 aliphatic heterocycles. The number of nitrogens with one attached hydrogen (secondary N) is 2. The summed E-state index contributed by atoms with van der Waals surface area (Å²) in [6, 6.07) is 14.6. The summed E-state index contributed by atoms with van der Waals surface area (Å²) in [5, 5.41) is 13.1. The average Bonchev–Trinajstić information content (AvgIpc) is 2.70. The van der Waals surface area contributed by atoms with E-state index >= 15 is 0 Å². The van der Waals surface area contributed by atoms with Gasteiger partial charge in [0.1, 0.15) is 4.90 Å². The number of sulfonamides is 1. The Morgan fingerprint density at radius 3 is 2.39 bits per heavy atom. The third-order valence-corrected chi connectivity index (χ3v) is 5.84. The van der Waals surface area contributed by atoms with Gasteiger partial charge in [0.05, 0.1) is 17.2 Å². The van der Waals surface area contributed by atoms with E-state index in [0.29, 0.717) is 5.56 Å². The topological polar surface area (TPSA) is 105 Å². The molecular weight excluding hydrogens is 404 g/mol. The van der Waals surface area contributed by atoms with Crippen LogP contribution in [0.25, 0.3) is 0 Å². The van der Waals surface area contributed by atoms with Crippen molar-refractivity contribution in [2.45, 2.75) is 24.0 Å². The maximum absolute atomic E-state index is 12.4. The van der Waals surface area contributed by atoms with Crippen molar-refractivity contribution in [3.63, 3.8) is 0 Å². The Morgan fingerprint density at radius 2 is 1.75 bits per heavy atom. The van der Waals surface area contributed by atoms with Gasteiger partial charge in [-0.1, -0.05) is 41.9 Å². The van der Waals surface area contributed by atoms with Crippen LogP contribution in [0.2, 0.25) is 5.02 Å². The number of carbonyl (C=O) groups is 1. The van der Waals surface area contributed by atoms with Crippen molar-refractivity contribution in [3.05, 3.63) is 65.2 Å². The number of hydrogen-bond acceptors (Lipinski definition) is 5. The predicted octanol–water partition coefficient (Wildman–Crippen LogP) is 1.81. The number of benzene rings is 2. The zero-order valence-electron chi connectivity index (χ0n) is 15.3. The molecule has 0 fully saturated rings. The number of ether oxygens (including phenoxy) is 1. The minimum Gasteiger partial charge on any atom is -0.389 e. The molecule has 152 valence electrons. The summed E-state index contributed by atoms with van der Waals surface area (Å²) in [5.74, 6) is -0.341. The molecule has 28 heavy (non-hydrogen) atoms. The number of halogens is 1. The third kappa shape index (κ3) is 6.29. The molecule has 0 heterocycles. The molecule has 1 amide bonds. The summed E-state index contributed by atoms with van der Waals surface area (Å²) in [7, 11) is -3.87. The molecule has 2 rings (SSSR count). The van der Waals surface area contributed by atoms with Crippen LogP contribution in [0.1, 0.15) is 17.3 Å². The fraction of sp³-hybridized carbons (Fsp3) is 0.316. The van der Waals surface area contributed by atoms with Crippen molar-refractivity contribution in [3.8, 4) is 0 Å². The van der Waals surface area contributed by atoms with Gasteiger partial charge >= 0.3 is 0 Å². The molecule has 0 bridgehead atoms. The quantitative estimate of drug-likeness (QED) is 0.537.